The molecule has 0 saturated heterocycles. The van der Waals surface area contributed by atoms with Gasteiger partial charge in [-0.2, -0.15) is 0 Å². The van der Waals surface area contributed by atoms with E-state index < -0.39 is 0 Å². The number of hydrogen-bond acceptors (Lipinski definition) is 0. The highest BCUT2D eigenvalue weighted by Crippen LogP contribution is 2.10. The predicted octanol–water partition coefficient (Wildman–Crippen LogP) is 5.15. The number of allylic oxidation sites excluding steroid dienone is 1. The zero-order chi connectivity index (χ0) is 11.5. The molecule has 0 amide bonds. The van der Waals surface area contributed by atoms with E-state index in [2.05, 4.69) is 36.9 Å². The Hall–Kier alpha value is -1.04. The van der Waals surface area contributed by atoms with Crippen LogP contribution in [-0.2, 0) is 6.42 Å². The minimum absolute atomic E-state index is 1.18. The molecule has 0 unspecified atom stereocenters. The van der Waals surface area contributed by atoms with Gasteiger partial charge in [-0.25, -0.2) is 0 Å². The molecular formula is C16H24. The van der Waals surface area contributed by atoms with Gasteiger partial charge in [0.05, 0.1) is 0 Å². The lowest BCUT2D eigenvalue weighted by Crippen LogP contribution is -1.85. The van der Waals surface area contributed by atoms with Crippen LogP contribution in [0.1, 0.15) is 50.5 Å². The number of unbranched alkanes of at least 4 members (excludes halogenated alkanes) is 6. The molecule has 0 fully saturated rings. The van der Waals surface area contributed by atoms with Crippen LogP contribution in [0.2, 0.25) is 0 Å². The van der Waals surface area contributed by atoms with Gasteiger partial charge in [-0.05, 0) is 31.2 Å². The fourth-order valence-corrected chi connectivity index (χ4v) is 1.97. The monoisotopic (exact) mass is 216 g/mol. The van der Waals surface area contributed by atoms with Crippen LogP contribution in [0.4, 0.5) is 0 Å². The van der Waals surface area contributed by atoms with E-state index in [-0.39, 0.29) is 0 Å². The lowest BCUT2D eigenvalue weighted by atomic mass is 10.0. The van der Waals surface area contributed by atoms with E-state index in [0.29, 0.717) is 0 Å². The van der Waals surface area contributed by atoms with Crippen molar-refractivity contribution in [2.24, 2.45) is 0 Å². The predicted molar refractivity (Wildman–Crippen MR) is 72.7 cm³/mol. The third-order valence-corrected chi connectivity index (χ3v) is 2.97. The van der Waals surface area contributed by atoms with Crippen molar-refractivity contribution in [1.29, 1.82) is 0 Å². The van der Waals surface area contributed by atoms with E-state index in [9.17, 15) is 0 Å². The summed E-state index contributed by atoms with van der Waals surface area (Å²) in [5, 5.41) is 0. The van der Waals surface area contributed by atoms with Gasteiger partial charge in [-0.3, -0.25) is 0 Å². The Morgan fingerprint density at radius 2 is 1.44 bits per heavy atom. The molecule has 0 heteroatoms. The lowest BCUT2D eigenvalue weighted by molar-refractivity contribution is 0.597. The Kier molecular flexibility index (Phi) is 7.49. The van der Waals surface area contributed by atoms with Crippen molar-refractivity contribution in [3.63, 3.8) is 0 Å². The van der Waals surface area contributed by atoms with Gasteiger partial charge in [0.1, 0.15) is 0 Å². The molecule has 1 rings (SSSR count). The summed E-state index contributed by atoms with van der Waals surface area (Å²) in [7, 11) is 0. The third-order valence-electron chi connectivity index (χ3n) is 2.97. The van der Waals surface area contributed by atoms with Crippen LogP contribution in [0.3, 0.4) is 0 Å². The van der Waals surface area contributed by atoms with Crippen molar-refractivity contribution in [2.45, 2.75) is 51.4 Å². The second-order valence-corrected chi connectivity index (χ2v) is 4.43. The van der Waals surface area contributed by atoms with Gasteiger partial charge in [-0.15, -0.1) is 6.58 Å². The molecule has 88 valence electrons. The topological polar surface area (TPSA) is 0 Å². The SMILES string of the molecule is C=CCCCCCCCCc1ccccc1. The number of rotatable bonds is 9. The van der Waals surface area contributed by atoms with Gasteiger partial charge < -0.3 is 0 Å². The maximum Gasteiger partial charge on any atom is -0.0279 e. The standard InChI is InChI=1S/C16H24/c1-2-3-4-5-6-7-8-10-13-16-14-11-9-12-15-16/h2,9,11-12,14-15H,1,3-8,10,13H2. The normalized spacial score (nSPS) is 10.2. The summed E-state index contributed by atoms with van der Waals surface area (Å²) in [4.78, 5) is 0. The van der Waals surface area contributed by atoms with Crippen molar-refractivity contribution < 1.29 is 0 Å². The fourth-order valence-electron chi connectivity index (χ4n) is 1.97. The van der Waals surface area contributed by atoms with Crippen molar-refractivity contribution in [1.82, 2.24) is 0 Å². The highest BCUT2D eigenvalue weighted by Gasteiger charge is 1.93. The van der Waals surface area contributed by atoms with E-state index in [1.807, 2.05) is 6.08 Å². The summed E-state index contributed by atoms with van der Waals surface area (Å²) in [5.41, 5.74) is 1.48. The summed E-state index contributed by atoms with van der Waals surface area (Å²) in [6, 6.07) is 10.8. The minimum Gasteiger partial charge on any atom is -0.103 e. The Morgan fingerprint density at radius 3 is 2.12 bits per heavy atom. The first-order chi connectivity index (χ1) is 7.93. The van der Waals surface area contributed by atoms with Crippen LogP contribution in [-0.4, -0.2) is 0 Å². The summed E-state index contributed by atoms with van der Waals surface area (Å²) in [5.74, 6) is 0. The molecule has 0 bridgehead atoms. The van der Waals surface area contributed by atoms with E-state index in [4.69, 9.17) is 0 Å². The van der Waals surface area contributed by atoms with E-state index in [1.165, 1.54) is 56.9 Å². The van der Waals surface area contributed by atoms with E-state index in [0.717, 1.165) is 0 Å². The van der Waals surface area contributed by atoms with E-state index in [1.54, 1.807) is 0 Å². The minimum atomic E-state index is 1.18. The van der Waals surface area contributed by atoms with Gasteiger partial charge in [-0.1, -0.05) is 62.1 Å². The molecule has 0 nitrogen and oxygen atoms in total. The Morgan fingerprint density at radius 1 is 0.812 bits per heavy atom. The van der Waals surface area contributed by atoms with Gasteiger partial charge in [0, 0.05) is 0 Å². The van der Waals surface area contributed by atoms with Gasteiger partial charge >= 0.3 is 0 Å². The van der Waals surface area contributed by atoms with Crippen molar-refractivity contribution in [3.8, 4) is 0 Å². The second kappa shape index (κ2) is 9.21. The maximum absolute atomic E-state index is 3.74. The largest absolute Gasteiger partial charge is 0.103 e. The second-order valence-electron chi connectivity index (χ2n) is 4.43. The van der Waals surface area contributed by atoms with Crippen molar-refractivity contribution in [2.75, 3.05) is 0 Å². The van der Waals surface area contributed by atoms with Crippen molar-refractivity contribution in [3.05, 3.63) is 48.6 Å². The Bertz CT molecular complexity index is 261. The first-order valence-electron chi connectivity index (χ1n) is 6.58. The number of hydrogen-bond donors (Lipinski definition) is 0. The molecule has 1 aromatic carbocycles. The highest BCUT2D eigenvalue weighted by atomic mass is 14.0. The third kappa shape index (κ3) is 6.44. The molecule has 0 atom stereocenters. The molecule has 0 aliphatic heterocycles. The van der Waals surface area contributed by atoms with Gasteiger partial charge in [0.25, 0.3) is 0 Å². The molecule has 0 aliphatic carbocycles. The first kappa shape index (κ1) is 13.0. The molecular weight excluding hydrogens is 192 g/mol. The zero-order valence-electron chi connectivity index (χ0n) is 10.3. The Labute approximate surface area is 100 Å². The zero-order valence-corrected chi connectivity index (χ0v) is 10.3. The molecule has 0 saturated carbocycles. The average molecular weight is 216 g/mol. The molecule has 0 aliphatic rings. The molecule has 0 N–H and O–H groups in total. The molecule has 0 aromatic heterocycles. The molecule has 0 heterocycles. The number of aryl methyl sites for hydroxylation is 1. The summed E-state index contributed by atoms with van der Waals surface area (Å²) in [6.45, 7) is 3.74. The lowest BCUT2D eigenvalue weighted by Gasteiger charge is -2.01. The smallest absolute Gasteiger partial charge is 0.0279 e. The Balaban J connectivity index is 1.90. The molecule has 1 aromatic rings. The summed E-state index contributed by atoms with van der Waals surface area (Å²) < 4.78 is 0. The van der Waals surface area contributed by atoms with Crippen LogP contribution < -0.4 is 0 Å². The molecule has 0 radical (unpaired) electrons. The van der Waals surface area contributed by atoms with Gasteiger partial charge in [0.15, 0.2) is 0 Å². The van der Waals surface area contributed by atoms with Crippen molar-refractivity contribution >= 4 is 0 Å². The summed E-state index contributed by atoms with van der Waals surface area (Å²) >= 11 is 0. The number of benzene rings is 1. The van der Waals surface area contributed by atoms with Gasteiger partial charge in [0.2, 0.25) is 0 Å². The summed E-state index contributed by atoms with van der Waals surface area (Å²) in [6.07, 6.45) is 12.6. The molecule has 16 heavy (non-hydrogen) atoms. The quantitative estimate of drug-likeness (QED) is 0.396. The van der Waals surface area contributed by atoms with Crippen LogP contribution in [0.15, 0.2) is 43.0 Å². The van der Waals surface area contributed by atoms with E-state index >= 15 is 0 Å². The van der Waals surface area contributed by atoms with Crippen LogP contribution in [0.5, 0.6) is 0 Å². The van der Waals surface area contributed by atoms with Crippen LogP contribution in [0.25, 0.3) is 0 Å². The first-order valence-corrected chi connectivity index (χ1v) is 6.58. The van der Waals surface area contributed by atoms with Crippen LogP contribution >= 0.6 is 0 Å². The fraction of sp³-hybridized carbons (Fsp3) is 0.500. The van der Waals surface area contributed by atoms with Crippen LogP contribution in [0, 0.1) is 0 Å². The maximum atomic E-state index is 3.74. The highest BCUT2D eigenvalue weighted by molar-refractivity contribution is 5.14. The molecule has 0 spiro atoms. The average Bonchev–Trinajstić information content (AvgIpc) is 2.34.